The number of carbonyl (C=O) groups excluding carboxylic acids is 2. The van der Waals surface area contributed by atoms with E-state index in [4.69, 9.17) is 19.4 Å². The molecule has 7 fully saturated rings. The average molecular weight is 1020 g/mol. The summed E-state index contributed by atoms with van der Waals surface area (Å²) in [5.41, 5.74) is 0.955. The van der Waals surface area contributed by atoms with Crippen LogP contribution < -0.4 is 25.2 Å². The predicted molar refractivity (Wildman–Crippen MR) is 272 cm³/mol. The van der Waals surface area contributed by atoms with Crippen LogP contribution in [0.15, 0.2) is 42.6 Å². The molecule has 7 aliphatic rings. The maximum Gasteiger partial charge on any atom is 0.319 e. The van der Waals surface area contributed by atoms with E-state index in [1.165, 1.54) is 24.3 Å². The van der Waals surface area contributed by atoms with Gasteiger partial charge in [-0.15, -0.1) is 0 Å². The Balaban J connectivity index is 0.647. The summed E-state index contributed by atoms with van der Waals surface area (Å²) in [7, 11) is 0. The highest BCUT2D eigenvalue weighted by atomic mass is 19.1. The summed E-state index contributed by atoms with van der Waals surface area (Å²) in [6.45, 7) is 9.74. The second kappa shape index (κ2) is 20.1. The Morgan fingerprint density at radius 1 is 0.797 bits per heavy atom. The summed E-state index contributed by atoms with van der Waals surface area (Å²) in [6, 6.07) is 9.76. The smallest absolute Gasteiger partial charge is 0.319 e. The number of hydrogen-bond acceptors (Lipinski definition) is 13. The number of ether oxygens (including phenoxy) is 2. The molecule has 74 heavy (non-hydrogen) atoms. The van der Waals surface area contributed by atoms with Crippen LogP contribution in [0.5, 0.6) is 11.8 Å². The van der Waals surface area contributed by atoms with E-state index in [1.807, 2.05) is 11.8 Å². The van der Waals surface area contributed by atoms with Gasteiger partial charge in [0.25, 0.3) is 0 Å². The van der Waals surface area contributed by atoms with Crippen LogP contribution in [0.1, 0.15) is 101 Å². The van der Waals surface area contributed by atoms with Crippen molar-refractivity contribution in [3.05, 3.63) is 77.0 Å². The molecular weight excluding hydrogens is 955 g/mol. The lowest BCUT2D eigenvalue weighted by molar-refractivity contribution is -0.134. The van der Waals surface area contributed by atoms with E-state index in [0.717, 1.165) is 110 Å². The lowest BCUT2D eigenvalue weighted by Gasteiger charge is -2.43. The molecule has 3 unspecified atom stereocenters. The van der Waals surface area contributed by atoms with Crippen molar-refractivity contribution in [3.63, 3.8) is 0 Å². The minimum atomic E-state index is -1.01. The number of benzene rings is 3. The van der Waals surface area contributed by atoms with E-state index >= 15 is 17.6 Å². The van der Waals surface area contributed by atoms with Crippen molar-refractivity contribution in [2.75, 3.05) is 75.3 Å². The molecule has 0 spiro atoms. The van der Waals surface area contributed by atoms with Crippen molar-refractivity contribution in [2.45, 2.75) is 127 Å². The zero-order valence-corrected chi connectivity index (χ0v) is 42.0. The fraction of sp³-hybridized carbons (Fsp3) is 0.554. The van der Waals surface area contributed by atoms with E-state index in [0.29, 0.717) is 83.0 Å². The number of imide groups is 1. The van der Waals surface area contributed by atoms with Gasteiger partial charge >= 0.3 is 6.01 Å². The predicted octanol–water partition coefficient (Wildman–Crippen LogP) is 7.90. The number of phenols is 1. The number of amides is 2. The fourth-order valence-corrected chi connectivity index (χ4v) is 13.1. The van der Waals surface area contributed by atoms with Crippen molar-refractivity contribution in [1.82, 2.24) is 35.4 Å². The normalized spacial score (nSPS) is 24.3. The van der Waals surface area contributed by atoms with Crippen LogP contribution in [-0.4, -0.2) is 138 Å². The van der Waals surface area contributed by atoms with Crippen molar-refractivity contribution in [2.24, 2.45) is 5.41 Å². The maximum atomic E-state index is 17.2. The summed E-state index contributed by atoms with van der Waals surface area (Å²) >= 11 is 0. The van der Waals surface area contributed by atoms with Crippen molar-refractivity contribution in [3.8, 4) is 23.0 Å². The molecule has 6 aliphatic heterocycles. The van der Waals surface area contributed by atoms with Gasteiger partial charge in [-0.25, -0.2) is 17.6 Å². The first-order valence-corrected chi connectivity index (χ1v) is 27.0. The zero-order valence-electron chi connectivity index (χ0n) is 42.0. The highest BCUT2D eigenvalue weighted by Crippen LogP contribution is 2.47. The number of fused-ring (bicyclic) bond motifs is 4. The van der Waals surface area contributed by atoms with Gasteiger partial charge in [-0.1, -0.05) is 13.0 Å². The van der Waals surface area contributed by atoms with Crippen LogP contribution in [0, 0.1) is 28.7 Å². The zero-order chi connectivity index (χ0) is 50.8. The number of anilines is 2. The van der Waals surface area contributed by atoms with Gasteiger partial charge in [-0.3, -0.25) is 19.9 Å². The molecule has 14 nitrogen and oxygen atoms in total. The molecule has 8 heterocycles. The van der Waals surface area contributed by atoms with Crippen LogP contribution in [-0.2, 0) is 20.7 Å². The van der Waals surface area contributed by atoms with Crippen LogP contribution in [0.25, 0.3) is 32.9 Å². The molecule has 2 bridgehead atoms. The van der Waals surface area contributed by atoms with Crippen LogP contribution >= 0.6 is 0 Å². The first-order valence-electron chi connectivity index (χ1n) is 27.0. The number of piperidine rings is 4. The number of nitrogens with one attached hydrogen (secondary N) is 2. The summed E-state index contributed by atoms with van der Waals surface area (Å²) < 4.78 is 76.2. The Bertz CT molecular complexity index is 2940. The lowest BCUT2D eigenvalue weighted by Crippen LogP contribution is -2.51. The number of piperazine rings is 1. The highest BCUT2D eigenvalue weighted by molar-refractivity contribution is 6.02. The number of pyridine rings is 1. The number of hydrogen-bond donors (Lipinski definition) is 3. The maximum absolute atomic E-state index is 17.2. The molecule has 3 atom stereocenters. The Morgan fingerprint density at radius 2 is 1.50 bits per heavy atom. The van der Waals surface area contributed by atoms with Gasteiger partial charge in [0.05, 0.1) is 30.1 Å². The van der Waals surface area contributed by atoms with Crippen molar-refractivity contribution in [1.29, 1.82) is 0 Å². The highest BCUT2D eigenvalue weighted by Gasteiger charge is 2.46. The fourth-order valence-electron chi connectivity index (χ4n) is 13.1. The van der Waals surface area contributed by atoms with Crippen LogP contribution in [0.4, 0.5) is 29.1 Å². The first-order chi connectivity index (χ1) is 35.9. The first kappa shape index (κ1) is 49.2. The number of aromatic nitrogens is 3. The molecule has 1 aliphatic carbocycles. The molecular formula is C56H65F4N9O5. The number of carbonyl (C=O) groups is 2. The second-order valence-electron chi connectivity index (χ2n) is 22.2. The summed E-state index contributed by atoms with van der Waals surface area (Å²) in [5, 5.41) is 18.2. The molecule has 3 aromatic carbocycles. The van der Waals surface area contributed by atoms with Gasteiger partial charge in [0, 0.05) is 112 Å². The van der Waals surface area contributed by atoms with Crippen LogP contribution in [0.2, 0.25) is 0 Å². The molecule has 392 valence electrons. The number of aryl methyl sites for hydroxylation is 1. The molecule has 1 saturated carbocycles. The second-order valence-corrected chi connectivity index (χ2v) is 22.2. The molecule has 3 N–H and O–H groups in total. The Labute approximate surface area is 428 Å². The number of aromatic hydroxyl groups is 1. The number of rotatable bonds is 13. The van der Waals surface area contributed by atoms with Gasteiger partial charge in [-0.2, -0.15) is 9.97 Å². The summed E-state index contributed by atoms with van der Waals surface area (Å²) in [4.78, 5) is 47.6. The Morgan fingerprint density at radius 3 is 2.18 bits per heavy atom. The minimum absolute atomic E-state index is 0.0185. The molecule has 12 rings (SSSR count). The van der Waals surface area contributed by atoms with Gasteiger partial charge in [0.1, 0.15) is 40.2 Å². The number of likely N-dealkylation sites (tertiary alicyclic amines) is 2. The van der Waals surface area contributed by atoms with E-state index in [1.54, 1.807) is 18.3 Å². The van der Waals surface area contributed by atoms with Crippen molar-refractivity contribution >= 4 is 45.0 Å². The number of halogens is 4. The average Bonchev–Trinajstić information content (AvgIpc) is 4.08. The van der Waals surface area contributed by atoms with Gasteiger partial charge in [0.15, 0.2) is 5.82 Å². The van der Waals surface area contributed by atoms with Crippen molar-refractivity contribution < 1.29 is 41.7 Å². The standard InChI is InChI=1S/C56H65F4N9O5/c1-2-40-44(57)7-3-32-23-37(70)26-42(48(32)40)51-50(60)52-43(27-61-51)53(69-28-33-4-5-34(29-69)62-33)65-55(64-52)73-31-56(15-16-56)30-66-17-11-38(12-18-66)74-39-13-21-67(22-14-39)35-9-19-68(20-10-35)36-24-45(58)49(46(59)25-36)41-6-8-47(71)63-54(41)72/h3,7,23-27,33-35,38-39,41,62,70H,2,4-6,8-22,28-31H2,1H3,(H,63,71,72). The molecule has 2 amide bonds. The molecule has 18 heteroatoms. The third-order valence-corrected chi connectivity index (χ3v) is 17.3. The minimum Gasteiger partial charge on any atom is -0.508 e. The number of nitrogens with zero attached hydrogens (tertiary/aromatic N) is 7. The lowest BCUT2D eigenvalue weighted by atomic mass is 9.89. The van der Waals surface area contributed by atoms with Gasteiger partial charge in [0.2, 0.25) is 11.8 Å². The number of phenolic OH excluding ortho intramolecular Hbond substituents is 1. The van der Waals surface area contributed by atoms with Gasteiger partial charge in [-0.05, 0) is 124 Å². The Hall–Kier alpha value is -5.69. The van der Waals surface area contributed by atoms with Crippen LogP contribution in [0.3, 0.4) is 0 Å². The van der Waals surface area contributed by atoms with E-state index < -0.39 is 41.0 Å². The Kier molecular flexibility index (Phi) is 13.4. The van der Waals surface area contributed by atoms with Gasteiger partial charge < -0.3 is 39.5 Å². The molecule has 5 aromatic rings. The van der Waals surface area contributed by atoms with E-state index in [-0.39, 0.29) is 59.0 Å². The topological polar surface area (TPSA) is 149 Å². The summed E-state index contributed by atoms with van der Waals surface area (Å²) in [5.74, 6) is -4.12. The third-order valence-electron chi connectivity index (χ3n) is 17.3. The molecule has 6 saturated heterocycles. The van der Waals surface area contributed by atoms with E-state index in [9.17, 15) is 14.7 Å². The molecule has 2 aromatic heterocycles. The molecule has 0 radical (unpaired) electrons. The SMILES string of the molecule is CCc1c(F)ccc2cc(O)cc(-c3ncc4c(N5CC6CCC(C5)N6)nc(OCC5(CN6CCC(OC7CCN(C8CCN(c9cc(F)c(C%10CCC(=O)NC%10=O)c(F)c9)CC8)CC7)CC6)CC5)nc4c3F)c12. The monoisotopic (exact) mass is 1020 g/mol. The third kappa shape index (κ3) is 9.75. The quantitative estimate of drug-likeness (QED) is 0.0776. The largest absolute Gasteiger partial charge is 0.508 e. The summed E-state index contributed by atoms with van der Waals surface area (Å²) in [6.07, 6.45) is 12.4. The van der Waals surface area contributed by atoms with E-state index in [2.05, 4.69) is 30.3 Å².